The van der Waals surface area contributed by atoms with Crippen molar-refractivity contribution in [2.24, 2.45) is 0 Å². The second-order valence-corrected chi connectivity index (χ2v) is 6.95. The topological polar surface area (TPSA) is 68.5 Å². The molecule has 0 spiro atoms. The summed E-state index contributed by atoms with van der Waals surface area (Å²) in [6.07, 6.45) is 0.319. The number of benzene rings is 2. The van der Waals surface area contributed by atoms with Crippen LogP contribution in [0.1, 0.15) is 23.8 Å². The minimum Gasteiger partial charge on any atom is -0.495 e. The molecule has 1 saturated heterocycles. The lowest BCUT2D eigenvalue weighted by molar-refractivity contribution is -0.117. The third kappa shape index (κ3) is 3.40. The van der Waals surface area contributed by atoms with E-state index in [2.05, 4.69) is 10.1 Å². The number of carbonyl (C=O) groups excluding carboxylic acids is 1. The van der Waals surface area contributed by atoms with Gasteiger partial charge in [-0.3, -0.25) is 4.79 Å². The van der Waals surface area contributed by atoms with Crippen molar-refractivity contribution in [3.05, 3.63) is 58.9 Å². The number of rotatable bonds is 4. The van der Waals surface area contributed by atoms with Gasteiger partial charge in [0.25, 0.3) is 0 Å². The number of hydrogen-bond acceptors (Lipinski definition) is 5. The molecule has 1 aliphatic rings. The molecule has 6 nitrogen and oxygen atoms in total. The van der Waals surface area contributed by atoms with Crippen LogP contribution in [0.15, 0.2) is 47.0 Å². The highest BCUT2D eigenvalue weighted by molar-refractivity contribution is 6.32. The van der Waals surface area contributed by atoms with Gasteiger partial charge in [0.1, 0.15) is 5.75 Å². The first-order chi connectivity index (χ1) is 13.0. The van der Waals surface area contributed by atoms with Crippen molar-refractivity contribution in [1.82, 2.24) is 10.1 Å². The highest BCUT2D eigenvalue weighted by atomic mass is 35.5. The summed E-state index contributed by atoms with van der Waals surface area (Å²) in [5.74, 6) is 1.43. The fourth-order valence-corrected chi connectivity index (χ4v) is 3.42. The summed E-state index contributed by atoms with van der Waals surface area (Å²) in [4.78, 5) is 18.7. The molecule has 1 amide bonds. The van der Waals surface area contributed by atoms with Crippen molar-refractivity contribution in [3.8, 4) is 17.1 Å². The van der Waals surface area contributed by atoms with Crippen LogP contribution in [0.4, 0.5) is 5.69 Å². The van der Waals surface area contributed by atoms with Gasteiger partial charge in [-0.15, -0.1) is 0 Å². The molecule has 4 rings (SSSR count). The first kappa shape index (κ1) is 17.5. The summed E-state index contributed by atoms with van der Waals surface area (Å²) >= 11 is 6.19. The predicted molar refractivity (Wildman–Crippen MR) is 102 cm³/mol. The number of aryl methyl sites for hydroxylation is 1. The highest BCUT2D eigenvalue weighted by Gasteiger charge is 2.35. The van der Waals surface area contributed by atoms with Crippen molar-refractivity contribution >= 4 is 23.2 Å². The molecule has 1 unspecified atom stereocenters. The molecule has 7 heteroatoms. The third-order valence-corrected chi connectivity index (χ3v) is 4.97. The Morgan fingerprint density at radius 3 is 2.70 bits per heavy atom. The van der Waals surface area contributed by atoms with Crippen molar-refractivity contribution in [2.45, 2.75) is 19.3 Å². The fraction of sp³-hybridized carbons (Fsp3) is 0.250. The number of carbonyl (C=O) groups is 1. The van der Waals surface area contributed by atoms with Crippen LogP contribution in [0.25, 0.3) is 11.4 Å². The van der Waals surface area contributed by atoms with Gasteiger partial charge in [-0.1, -0.05) is 46.6 Å². The summed E-state index contributed by atoms with van der Waals surface area (Å²) in [5.41, 5.74) is 2.78. The Balaban J connectivity index is 1.54. The number of ether oxygens (including phenoxy) is 1. The van der Waals surface area contributed by atoms with E-state index in [0.717, 1.165) is 16.8 Å². The standard InChI is InChI=1S/C20H18ClN3O3/c1-12-3-5-13(6-4-12)19-22-20(27-23-19)14-9-18(25)24(11-14)15-7-8-17(26-2)16(21)10-15/h3-8,10,14H,9,11H2,1-2H3. The summed E-state index contributed by atoms with van der Waals surface area (Å²) < 4.78 is 10.6. The van der Waals surface area contributed by atoms with E-state index in [4.69, 9.17) is 20.9 Å². The molecule has 0 bridgehead atoms. The number of anilines is 1. The lowest BCUT2D eigenvalue weighted by Gasteiger charge is -2.17. The van der Waals surface area contributed by atoms with Gasteiger partial charge in [0.2, 0.25) is 17.6 Å². The van der Waals surface area contributed by atoms with Gasteiger partial charge in [0.05, 0.1) is 18.1 Å². The maximum Gasteiger partial charge on any atom is 0.232 e. The molecule has 138 valence electrons. The average Bonchev–Trinajstić information content (AvgIpc) is 3.29. The fourth-order valence-electron chi connectivity index (χ4n) is 3.17. The molecule has 0 radical (unpaired) electrons. The van der Waals surface area contributed by atoms with Gasteiger partial charge in [-0.2, -0.15) is 4.98 Å². The van der Waals surface area contributed by atoms with E-state index >= 15 is 0 Å². The molecule has 1 fully saturated rings. The summed E-state index contributed by atoms with van der Waals surface area (Å²) in [7, 11) is 1.55. The molecular weight excluding hydrogens is 366 g/mol. The maximum atomic E-state index is 12.5. The average molecular weight is 384 g/mol. The molecule has 1 atom stereocenters. The van der Waals surface area contributed by atoms with Gasteiger partial charge in [0.15, 0.2) is 0 Å². The molecule has 1 aliphatic heterocycles. The molecule has 1 aromatic heterocycles. The Labute approximate surface area is 161 Å². The number of methoxy groups -OCH3 is 1. The Bertz CT molecular complexity index is 984. The van der Waals surface area contributed by atoms with Crippen molar-refractivity contribution in [2.75, 3.05) is 18.6 Å². The molecule has 0 N–H and O–H groups in total. The van der Waals surface area contributed by atoms with Gasteiger partial charge in [-0.25, -0.2) is 0 Å². The van der Waals surface area contributed by atoms with Crippen LogP contribution in [0.5, 0.6) is 5.75 Å². The Morgan fingerprint density at radius 1 is 1.22 bits per heavy atom. The van der Waals surface area contributed by atoms with E-state index in [-0.39, 0.29) is 11.8 Å². The van der Waals surface area contributed by atoms with Crippen LogP contribution in [-0.2, 0) is 4.79 Å². The van der Waals surface area contributed by atoms with Gasteiger partial charge < -0.3 is 14.2 Å². The lowest BCUT2D eigenvalue weighted by Crippen LogP contribution is -2.24. The summed E-state index contributed by atoms with van der Waals surface area (Å²) in [6.45, 7) is 2.49. The first-order valence-corrected chi connectivity index (χ1v) is 8.97. The van der Waals surface area contributed by atoms with Gasteiger partial charge in [0, 0.05) is 24.2 Å². The zero-order chi connectivity index (χ0) is 19.0. The lowest BCUT2D eigenvalue weighted by atomic mass is 10.1. The van der Waals surface area contributed by atoms with Crippen LogP contribution in [-0.4, -0.2) is 29.7 Å². The van der Waals surface area contributed by atoms with E-state index in [1.807, 2.05) is 37.3 Å². The number of hydrogen-bond donors (Lipinski definition) is 0. The Morgan fingerprint density at radius 2 is 2.00 bits per heavy atom. The van der Waals surface area contributed by atoms with E-state index in [0.29, 0.717) is 35.5 Å². The molecule has 27 heavy (non-hydrogen) atoms. The summed E-state index contributed by atoms with van der Waals surface area (Å²) in [6, 6.07) is 13.2. The minimum atomic E-state index is -0.148. The molecule has 0 saturated carbocycles. The molecule has 2 heterocycles. The van der Waals surface area contributed by atoms with Crippen LogP contribution < -0.4 is 9.64 Å². The van der Waals surface area contributed by atoms with Gasteiger partial charge in [-0.05, 0) is 25.1 Å². The molecule has 0 aliphatic carbocycles. The summed E-state index contributed by atoms with van der Waals surface area (Å²) in [5, 5.41) is 4.53. The first-order valence-electron chi connectivity index (χ1n) is 8.59. The zero-order valence-corrected chi connectivity index (χ0v) is 15.7. The zero-order valence-electron chi connectivity index (χ0n) is 15.0. The SMILES string of the molecule is COc1ccc(N2CC(c3nc(-c4ccc(C)cc4)no3)CC2=O)cc1Cl. The van der Waals surface area contributed by atoms with Gasteiger partial charge >= 0.3 is 0 Å². The smallest absolute Gasteiger partial charge is 0.232 e. The maximum absolute atomic E-state index is 12.5. The molecular formula is C20H18ClN3O3. The highest BCUT2D eigenvalue weighted by Crippen LogP contribution is 2.35. The van der Waals surface area contributed by atoms with Crippen molar-refractivity contribution in [1.29, 1.82) is 0 Å². The largest absolute Gasteiger partial charge is 0.495 e. The van der Waals surface area contributed by atoms with E-state index in [1.54, 1.807) is 24.1 Å². The number of amides is 1. The quantitative estimate of drug-likeness (QED) is 0.674. The molecule has 2 aromatic carbocycles. The van der Waals surface area contributed by atoms with Crippen molar-refractivity contribution < 1.29 is 14.1 Å². The second-order valence-electron chi connectivity index (χ2n) is 6.55. The second kappa shape index (κ2) is 7.04. The predicted octanol–water partition coefficient (Wildman–Crippen LogP) is 4.23. The van der Waals surface area contributed by atoms with E-state index < -0.39 is 0 Å². The molecule has 3 aromatic rings. The van der Waals surface area contributed by atoms with E-state index in [1.165, 1.54) is 0 Å². The monoisotopic (exact) mass is 383 g/mol. The number of halogens is 1. The normalized spacial score (nSPS) is 16.8. The van der Waals surface area contributed by atoms with Crippen LogP contribution in [0, 0.1) is 6.92 Å². The van der Waals surface area contributed by atoms with Crippen LogP contribution in [0.2, 0.25) is 5.02 Å². The minimum absolute atomic E-state index is 0.00341. The number of nitrogens with zero attached hydrogens (tertiary/aromatic N) is 3. The third-order valence-electron chi connectivity index (χ3n) is 4.67. The Hall–Kier alpha value is -2.86. The number of aromatic nitrogens is 2. The van der Waals surface area contributed by atoms with Crippen LogP contribution >= 0.6 is 11.6 Å². The Kier molecular flexibility index (Phi) is 4.58. The van der Waals surface area contributed by atoms with Crippen molar-refractivity contribution in [3.63, 3.8) is 0 Å². The van der Waals surface area contributed by atoms with Crippen LogP contribution in [0.3, 0.4) is 0 Å². The van der Waals surface area contributed by atoms with E-state index in [9.17, 15) is 4.79 Å².